The summed E-state index contributed by atoms with van der Waals surface area (Å²) in [5.74, 6) is 0.345. The summed E-state index contributed by atoms with van der Waals surface area (Å²) >= 11 is 0. The Morgan fingerprint density at radius 2 is 1.81 bits per heavy atom. The van der Waals surface area contributed by atoms with Crippen molar-refractivity contribution in [2.45, 2.75) is 13.1 Å². The van der Waals surface area contributed by atoms with Gasteiger partial charge in [0.05, 0.1) is 0 Å². The molecule has 3 rings (SSSR count). The van der Waals surface area contributed by atoms with Crippen LogP contribution in [0.15, 0.2) is 30.3 Å². The third-order valence-corrected chi connectivity index (χ3v) is 2.56. The summed E-state index contributed by atoms with van der Waals surface area (Å²) in [5, 5.41) is 23.6. The number of hydrogen-bond acceptors (Lipinski definition) is 7. The van der Waals surface area contributed by atoms with E-state index in [1.807, 2.05) is 30.3 Å². The van der Waals surface area contributed by atoms with Crippen LogP contribution >= 0.6 is 0 Å². The van der Waals surface area contributed by atoms with Gasteiger partial charge in [-0.3, -0.25) is 4.79 Å². The highest BCUT2D eigenvalue weighted by atomic mass is 16.1. The lowest BCUT2D eigenvalue weighted by molar-refractivity contribution is -0.118. The normalized spacial score (nSPS) is 10.7. The molecule has 0 aliphatic carbocycles. The summed E-state index contributed by atoms with van der Waals surface area (Å²) in [6, 6.07) is 9.49. The second-order valence-corrected chi connectivity index (χ2v) is 4.21. The van der Waals surface area contributed by atoms with E-state index in [4.69, 9.17) is 5.73 Å². The van der Waals surface area contributed by atoms with Crippen molar-refractivity contribution in [1.82, 2.24) is 40.4 Å². The zero-order valence-corrected chi connectivity index (χ0v) is 10.9. The van der Waals surface area contributed by atoms with Crippen LogP contribution in [0.1, 0.15) is 5.82 Å². The first kappa shape index (κ1) is 12.8. The molecule has 0 unspecified atom stereocenters. The Kier molecular flexibility index (Phi) is 3.33. The lowest BCUT2D eigenvalue weighted by Gasteiger charge is -1.93. The van der Waals surface area contributed by atoms with Gasteiger partial charge in [-0.25, -0.2) is 0 Å². The van der Waals surface area contributed by atoms with Gasteiger partial charge in [0, 0.05) is 5.56 Å². The molecular formula is C11H11N9O. The average Bonchev–Trinajstić information content (AvgIpc) is 3.09. The third kappa shape index (κ3) is 3.05. The molecule has 0 bridgehead atoms. The number of benzene rings is 1. The predicted molar refractivity (Wildman–Crippen MR) is 69.4 cm³/mol. The number of hydrogen-bond donors (Lipinski definition) is 1. The zero-order chi connectivity index (χ0) is 14.7. The van der Waals surface area contributed by atoms with Crippen molar-refractivity contribution >= 4 is 5.91 Å². The molecule has 1 aromatic carbocycles. The van der Waals surface area contributed by atoms with Crippen LogP contribution in [-0.4, -0.2) is 46.3 Å². The Labute approximate surface area is 118 Å². The minimum Gasteiger partial charge on any atom is -0.368 e. The summed E-state index contributed by atoms with van der Waals surface area (Å²) in [7, 11) is 0. The van der Waals surface area contributed by atoms with Gasteiger partial charge in [0.1, 0.15) is 13.1 Å². The molecule has 0 aliphatic heterocycles. The Morgan fingerprint density at radius 3 is 2.57 bits per heavy atom. The smallest absolute Gasteiger partial charge is 0.241 e. The minimum atomic E-state index is -0.538. The van der Waals surface area contributed by atoms with Gasteiger partial charge in [0.15, 0.2) is 5.82 Å². The van der Waals surface area contributed by atoms with Gasteiger partial charge < -0.3 is 5.73 Å². The van der Waals surface area contributed by atoms with Crippen molar-refractivity contribution in [3.63, 3.8) is 0 Å². The topological polar surface area (TPSA) is 130 Å². The molecule has 0 saturated carbocycles. The van der Waals surface area contributed by atoms with E-state index in [9.17, 15) is 4.79 Å². The highest BCUT2D eigenvalue weighted by Gasteiger charge is 2.09. The molecule has 2 heterocycles. The van der Waals surface area contributed by atoms with Crippen molar-refractivity contribution < 1.29 is 4.79 Å². The number of amides is 1. The van der Waals surface area contributed by atoms with Crippen LogP contribution in [-0.2, 0) is 17.9 Å². The fourth-order valence-electron chi connectivity index (χ4n) is 1.69. The first-order valence-corrected chi connectivity index (χ1v) is 6.09. The quantitative estimate of drug-likeness (QED) is 0.627. The SMILES string of the molecule is NC(=O)Cn1nnc(Cn2nnc(-c3ccccc3)n2)n1. The number of aromatic nitrogens is 8. The van der Waals surface area contributed by atoms with Crippen LogP contribution < -0.4 is 5.73 Å². The maximum Gasteiger partial charge on any atom is 0.241 e. The summed E-state index contributed by atoms with van der Waals surface area (Å²) in [5.41, 5.74) is 5.92. The van der Waals surface area contributed by atoms with E-state index in [0.29, 0.717) is 11.6 Å². The summed E-state index contributed by atoms with van der Waals surface area (Å²) in [4.78, 5) is 13.2. The summed E-state index contributed by atoms with van der Waals surface area (Å²) in [6.07, 6.45) is 0. The van der Waals surface area contributed by atoms with Gasteiger partial charge in [-0.2, -0.15) is 9.59 Å². The molecule has 10 nitrogen and oxygen atoms in total. The molecule has 2 N–H and O–H groups in total. The molecular weight excluding hydrogens is 274 g/mol. The van der Waals surface area contributed by atoms with Crippen LogP contribution in [0, 0.1) is 0 Å². The van der Waals surface area contributed by atoms with Gasteiger partial charge in [-0.15, -0.1) is 20.4 Å². The maximum atomic E-state index is 10.8. The first-order chi connectivity index (χ1) is 10.2. The van der Waals surface area contributed by atoms with Gasteiger partial charge >= 0.3 is 0 Å². The molecule has 0 radical (unpaired) electrons. The molecule has 0 fully saturated rings. The van der Waals surface area contributed by atoms with Crippen LogP contribution in [0.2, 0.25) is 0 Å². The van der Waals surface area contributed by atoms with E-state index >= 15 is 0 Å². The molecule has 3 aromatic rings. The number of primary amides is 1. The maximum absolute atomic E-state index is 10.8. The fraction of sp³-hybridized carbons (Fsp3) is 0.182. The first-order valence-electron chi connectivity index (χ1n) is 6.09. The molecule has 0 atom stereocenters. The molecule has 1 amide bonds. The van der Waals surface area contributed by atoms with Crippen molar-refractivity contribution in [1.29, 1.82) is 0 Å². The van der Waals surface area contributed by atoms with Crippen molar-refractivity contribution in [3.05, 3.63) is 36.2 Å². The summed E-state index contributed by atoms with van der Waals surface area (Å²) < 4.78 is 0. The molecule has 21 heavy (non-hydrogen) atoms. The summed E-state index contributed by atoms with van der Waals surface area (Å²) in [6.45, 7) is 0.0889. The number of tetrazole rings is 2. The molecule has 106 valence electrons. The molecule has 10 heteroatoms. The molecule has 0 spiro atoms. The van der Waals surface area contributed by atoms with Crippen LogP contribution in [0.25, 0.3) is 11.4 Å². The molecule has 0 aliphatic rings. The Morgan fingerprint density at radius 1 is 1.05 bits per heavy atom. The minimum absolute atomic E-state index is 0.118. The largest absolute Gasteiger partial charge is 0.368 e. The van der Waals surface area contributed by atoms with Crippen LogP contribution in [0.3, 0.4) is 0 Å². The van der Waals surface area contributed by atoms with Crippen LogP contribution in [0.5, 0.6) is 0 Å². The van der Waals surface area contributed by atoms with Crippen molar-refractivity contribution in [2.24, 2.45) is 5.73 Å². The van der Waals surface area contributed by atoms with Gasteiger partial charge in [-0.05, 0) is 10.4 Å². The second kappa shape index (κ2) is 5.45. The second-order valence-electron chi connectivity index (χ2n) is 4.21. The van der Waals surface area contributed by atoms with Gasteiger partial charge in [0.25, 0.3) is 0 Å². The van der Waals surface area contributed by atoms with E-state index in [1.54, 1.807) is 0 Å². The average molecular weight is 285 g/mol. The van der Waals surface area contributed by atoms with Crippen molar-refractivity contribution in [3.8, 4) is 11.4 Å². The number of carbonyl (C=O) groups excluding carboxylic acids is 1. The molecule has 0 saturated heterocycles. The number of nitrogens with two attached hydrogens (primary N) is 1. The monoisotopic (exact) mass is 285 g/mol. The van der Waals surface area contributed by atoms with Crippen molar-refractivity contribution in [2.75, 3.05) is 0 Å². The number of rotatable bonds is 5. The lowest BCUT2D eigenvalue weighted by atomic mass is 10.2. The van der Waals surface area contributed by atoms with E-state index in [0.717, 1.165) is 10.4 Å². The lowest BCUT2D eigenvalue weighted by Crippen LogP contribution is -2.20. The molecule has 2 aromatic heterocycles. The zero-order valence-electron chi connectivity index (χ0n) is 10.9. The third-order valence-electron chi connectivity index (χ3n) is 2.56. The number of nitrogens with zero attached hydrogens (tertiary/aromatic N) is 8. The van der Waals surface area contributed by atoms with E-state index < -0.39 is 5.91 Å². The van der Waals surface area contributed by atoms with Gasteiger partial charge in [0.2, 0.25) is 11.7 Å². The Bertz CT molecular complexity index is 748. The van der Waals surface area contributed by atoms with E-state index in [-0.39, 0.29) is 13.1 Å². The van der Waals surface area contributed by atoms with Crippen LogP contribution in [0.4, 0.5) is 0 Å². The highest BCUT2D eigenvalue weighted by Crippen LogP contribution is 2.11. The van der Waals surface area contributed by atoms with E-state index in [1.165, 1.54) is 4.80 Å². The highest BCUT2D eigenvalue weighted by molar-refractivity contribution is 5.73. The Hall–Kier alpha value is -3.17. The Balaban J connectivity index is 1.73. The predicted octanol–water partition coefficient (Wildman–Crippen LogP) is -1.14. The standard InChI is InChI=1S/C11H11N9O/c12-9(21)6-19-15-10(13-17-19)7-20-16-11(14-18-20)8-4-2-1-3-5-8/h1-5H,6-7H2,(H2,12,21). The number of carbonyl (C=O) groups is 1. The van der Waals surface area contributed by atoms with Gasteiger partial charge in [-0.1, -0.05) is 30.3 Å². The van der Waals surface area contributed by atoms with E-state index in [2.05, 4.69) is 30.8 Å². The fourth-order valence-corrected chi connectivity index (χ4v) is 1.69.